The van der Waals surface area contributed by atoms with E-state index in [0.717, 1.165) is 23.4 Å². The standard InChI is InChI=1S/C14H21BrN2O/c1-3-18-14(11-4-5-11)13(16-2)7-10-6-12(15)9-17-8-10/h6,8-9,11,13-14,16H,3-5,7H2,1-2H3. The number of rotatable bonds is 7. The van der Waals surface area contributed by atoms with Crippen molar-refractivity contribution in [2.45, 2.75) is 38.3 Å². The number of nitrogens with one attached hydrogen (secondary N) is 1. The van der Waals surface area contributed by atoms with E-state index in [1.807, 2.05) is 19.4 Å². The zero-order chi connectivity index (χ0) is 13.0. The molecule has 1 aliphatic rings. The lowest BCUT2D eigenvalue weighted by molar-refractivity contribution is 0.0211. The SMILES string of the molecule is CCOC(C1CC1)C(Cc1cncc(Br)c1)NC. The van der Waals surface area contributed by atoms with Gasteiger partial charge in [0, 0.05) is 29.5 Å². The Morgan fingerprint density at radius 3 is 2.83 bits per heavy atom. The topological polar surface area (TPSA) is 34.1 Å². The summed E-state index contributed by atoms with van der Waals surface area (Å²) >= 11 is 3.47. The Kier molecular flexibility index (Phi) is 5.15. The third kappa shape index (κ3) is 3.77. The predicted octanol–water partition coefficient (Wildman–Crippen LogP) is 2.79. The summed E-state index contributed by atoms with van der Waals surface area (Å²) in [6.07, 6.45) is 7.66. The summed E-state index contributed by atoms with van der Waals surface area (Å²) in [4.78, 5) is 4.22. The van der Waals surface area contributed by atoms with Crippen LogP contribution in [0.15, 0.2) is 22.9 Å². The number of nitrogens with zero attached hydrogens (tertiary/aromatic N) is 1. The zero-order valence-corrected chi connectivity index (χ0v) is 12.6. The van der Waals surface area contributed by atoms with Crippen molar-refractivity contribution in [3.8, 4) is 0 Å². The second kappa shape index (κ2) is 6.64. The van der Waals surface area contributed by atoms with E-state index in [1.165, 1.54) is 18.4 Å². The molecule has 0 radical (unpaired) electrons. The van der Waals surface area contributed by atoms with Crippen molar-refractivity contribution in [1.29, 1.82) is 0 Å². The molecule has 1 saturated carbocycles. The smallest absolute Gasteiger partial charge is 0.0759 e. The van der Waals surface area contributed by atoms with Crippen LogP contribution in [-0.2, 0) is 11.2 Å². The zero-order valence-electron chi connectivity index (χ0n) is 11.0. The molecule has 100 valence electrons. The average Bonchev–Trinajstić information content (AvgIpc) is 3.18. The highest BCUT2D eigenvalue weighted by atomic mass is 79.9. The van der Waals surface area contributed by atoms with Crippen LogP contribution in [0.2, 0.25) is 0 Å². The van der Waals surface area contributed by atoms with Gasteiger partial charge in [-0.15, -0.1) is 0 Å². The van der Waals surface area contributed by atoms with E-state index in [2.05, 4.69) is 39.2 Å². The van der Waals surface area contributed by atoms with Crippen molar-refractivity contribution >= 4 is 15.9 Å². The molecule has 0 bridgehead atoms. The van der Waals surface area contributed by atoms with E-state index >= 15 is 0 Å². The highest BCUT2D eigenvalue weighted by molar-refractivity contribution is 9.10. The van der Waals surface area contributed by atoms with Gasteiger partial charge in [-0.3, -0.25) is 4.98 Å². The average molecular weight is 313 g/mol. The van der Waals surface area contributed by atoms with Crippen LogP contribution in [0.4, 0.5) is 0 Å². The van der Waals surface area contributed by atoms with Crippen molar-refractivity contribution in [1.82, 2.24) is 10.3 Å². The number of hydrogen-bond acceptors (Lipinski definition) is 3. The van der Waals surface area contributed by atoms with E-state index in [4.69, 9.17) is 4.74 Å². The number of aromatic nitrogens is 1. The van der Waals surface area contributed by atoms with E-state index < -0.39 is 0 Å². The molecule has 1 aliphatic carbocycles. The summed E-state index contributed by atoms with van der Waals surface area (Å²) in [6.45, 7) is 2.86. The Hall–Kier alpha value is -0.450. The number of likely N-dealkylation sites (N-methyl/N-ethyl adjacent to an activating group) is 1. The molecule has 4 heteroatoms. The van der Waals surface area contributed by atoms with Gasteiger partial charge in [-0.2, -0.15) is 0 Å². The summed E-state index contributed by atoms with van der Waals surface area (Å²) in [5.74, 6) is 0.738. The molecule has 2 atom stereocenters. The lowest BCUT2D eigenvalue weighted by Crippen LogP contribution is -2.42. The van der Waals surface area contributed by atoms with E-state index in [-0.39, 0.29) is 0 Å². The molecule has 1 fully saturated rings. The van der Waals surface area contributed by atoms with Crippen LogP contribution in [-0.4, -0.2) is 30.8 Å². The Morgan fingerprint density at radius 2 is 2.28 bits per heavy atom. The molecule has 3 nitrogen and oxygen atoms in total. The molecule has 1 aromatic heterocycles. The maximum atomic E-state index is 5.93. The lowest BCUT2D eigenvalue weighted by Gasteiger charge is -2.27. The molecule has 2 rings (SSSR count). The Bertz CT molecular complexity index is 382. The molecule has 0 aromatic carbocycles. The van der Waals surface area contributed by atoms with Gasteiger partial charge in [0.25, 0.3) is 0 Å². The summed E-state index contributed by atoms with van der Waals surface area (Å²) in [5.41, 5.74) is 1.24. The van der Waals surface area contributed by atoms with Gasteiger partial charge in [-0.1, -0.05) is 0 Å². The first-order valence-corrected chi connectivity index (χ1v) is 7.42. The minimum atomic E-state index is 0.332. The van der Waals surface area contributed by atoms with Crippen molar-refractivity contribution in [3.63, 3.8) is 0 Å². The number of pyridine rings is 1. The van der Waals surface area contributed by atoms with Gasteiger partial charge in [0.15, 0.2) is 0 Å². The van der Waals surface area contributed by atoms with Crippen LogP contribution < -0.4 is 5.32 Å². The van der Waals surface area contributed by atoms with Gasteiger partial charge in [0.1, 0.15) is 0 Å². The minimum Gasteiger partial charge on any atom is -0.377 e. The Balaban J connectivity index is 2.03. The normalized spacial score (nSPS) is 18.6. The molecular formula is C14H21BrN2O. The molecule has 0 amide bonds. The van der Waals surface area contributed by atoms with Gasteiger partial charge in [-0.25, -0.2) is 0 Å². The van der Waals surface area contributed by atoms with Gasteiger partial charge in [0.05, 0.1) is 6.10 Å². The summed E-state index contributed by atoms with van der Waals surface area (Å²) in [7, 11) is 2.02. The van der Waals surface area contributed by atoms with Crippen molar-refractivity contribution in [2.24, 2.45) is 5.92 Å². The maximum Gasteiger partial charge on any atom is 0.0759 e. The van der Waals surface area contributed by atoms with Crippen LogP contribution in [0.3, 0.4) is 0 Å². The van der Waals surface area contributed by atoms with Crippen LogP contribution >= 0.6 is 15.9 Å². The van der Waals surface area contributed by atoms with Crippen molar-refractivity contribution in [2.75, 3.05) is 13.7 Å². The largest absolute Gasteiger partial charge is 0.377 e. The molecule has 0 spiro atoms. The summed E-state index contributed by atoms with van der Waals surface area (Å²) in [6, 6.07) is 2.50. The monoisotopic (exact) mass is 312 g/mol. The second-order valence-electron chi connectivity index (χ2n) is 4.87. The Morgan fingerprint density at radius 1 is 1.50 bits per heavy atom. The van der Waals surface area contributed by atoms with Crippen LogP contribution in [0.5, 0.6) is 0 Å². The molecule has 18 heavy (non-hydrogen) atoms. The third-order valence-corrected chi connectivity index (χ3v) is 3.86. The fraction of sp³-hybridized carbons (Fsp3) is 0.643. The predicted molar refractivity (Wildman–Crippen MR) is 76.6 cm³/mol. The number of ether oxygens (including phenoxy) is 1. The van der Waals surface area contributed by atoms with E-state index in [0.29, 0.717) is 12.1 Å². The quantitative estimate of drug-likeness (QED) is 0.840. The van der Waals surface area contributed by atoms with E-state index in [1.54, 1.807) is 0 Å². The van der Waals surface area contributed by atoms with E-state index in [9.17, 15) is 0 Å². The van der Waals surface area contributed by atoms with Crippen LogP contribution in [0.25, 0.3) is 0 Å². The molecule has 1 heterocycles. The van der Waals surface area contributed by atoms with Gasteiger partial charge in [0.2, 0.25) is 0 Å². The fourth-order valence-corrected chi connectivity index (χ4v) is 2.81. The fourth-order valence-electron chi connectivity index (χ4n) is 2.40. The number of halogens is 1. The van der Waals surface area contributed by atoms with Crippen molar-refractivity contribution < 1.29 is 4.74 Å². The maximum absolute atomic E-state index is 5.93. The summed E-state index contributed by atoms with van der Waals surface area (Å²) in [5, 5.41) is 3.41. The second-order valence-corrected chi connectivity index (χ2v) is 5.78. The molecule has 1 N–H and O–H groups in total. The molecule has 0 saturated heterocycles. The first kappa shape index (κ1) is 14.0. The summed E-state index contributed by atoms with van der Waals surface area (Å²) < 4.78 is 6.96. The van der Waals surface area contributed by atoms with Gasteiger partial charge in [-0.05, 0) is 66.7 Å². The number of hydrogen-bond donors (Lipinski definition) is 1. The molecule has 0 aliphatic heterocycles. The lowest BCUT2D eigenvalue weighted by atomic mass is 9.99. The third-order valence-electron chi connectivity index (χ3n) is 3.43. The van der Waals surface area contributed by atoms with Crippen LogP contribution in [0.1, 0.15) is 25.3 Å². The molecule has 2 unspecified atom stereocenters. The van der Waals surface area contributed by atoms with Gasteiger partial charge >= 0.3 is 0 Å². The van der Waals surface area contributed by atoms with Crippen molar-refractivity contribution in [3.05, 3.63) is 28.5 Å². The first-order valence-electron chi connectivity index (χ1n) is 6.63. The van der Waals surface area contributed by atoms with Crippen LogP contribution in [0, 0.1) is 5.92 Å². The first-order chi connectivity index (χ1) is 8.74. The molecular weight excluding hydrogens is 292 g/mol. The highest BCUT2D eigenvalue weighted by Crippen LogP contribution is 2.36. The molecule has 1 aromatic rings. The minimum absolute atomic E-state index is 0.332. The highest BCUT2D eigenvalue weighted by Gasteiger charge is 2.36. The van der Waals surface area contributed by atoms with Gasteiger partial charge < -0.3 is 10.1 Å². The Labute approximate surface area is 117 Å².